The molecule has 1 N–H and O–H groups in total. The maximum atomic E-state index is 9.22. The van der Waals surface area contributed by atoms with E-state index in [-0.39, 0.29) is 0 Å². The molecule has 56 valence electrons. The first kappa shape index (κ1) is 7.56. The summed E-state index contributed by atoms with van der Waals surface area (Å²) < 4.78 is 9.77. The molecular formula is C6H9O3P. The van der Waals surface area contributed by atoms with E-state index >= 15 is 0 Å². The fraction of sp³-hybridized carbons (Fsp3) is 0.333. The van der Waals surface area contributed by atoms with Crippen molar-refractivity contribution in [3.63, 3.8) is 0 Å². The third-order valence-corrected chi connectivity index (χ3v) is 2.31. The Labute approximate surface area is 60.2 Å². The van der Waals surface area contributed by atoms with Gasteiger partial charge >= 0.3 is 59.3 Å². The van der Waals surface area contributed by atoms with Gasteiger partial charge in [0.2, 0.25) is 0 Å². The molecule has 1 aliphatic heterocycles. The van der Waals surface area contributed by atoms with Gasteiger partial charge in [0, 0.05) is 0 Å². The van der Waals surface area contributed by atoms with Crippen LogP contribution in [0.25, 0.3) is 0 Å². The predicted octanol–water partition coefficient (Wildman–Crippen LogP) is 0.666. The molecule has 4 heteroatoms. The minimum absolute atomic E-state index is 0.435. The van der Waals surface area contributed by atoms with Crippen LogP contribution in [0, 0.1) is 12.3 Å². The summed E-state index contributed by atoms with van der Waals surface area (Å²) in [5.41, 5.74) is 0. The summed E-state index contributed by atoms with van der Waals surface area (Å²) in [5, 5.41) is 0. The van der Waals surface area contributed by atoms with Gasteiger partial charge in [0.05, 0.1) is 0 Å². The molecule has 3 nitrogen and oxygen atoms in total. The maximum absolute atomic E-state index is 9.22. The van der Waals surface area contributed by atoms with E-state index in [0.717, 1.165) is 0 Å². The topological polar surface area (TPSA) is 38.7 Å². The van der Waals surface area contributed by atoms with Crippen LogP contribution in [0.4, 0.5) is 0 Å². The Morgan fingerprint density at radius 3 is 2.90 bits per heavy atom. The van der Waals surface area contributed by atoms with E-state index in [1.54, 1.807) is 6.08 Å². The van der Waals surface area contributed by atoms with Gasteiger partial charge in [-0.05, 0) is 0 Å². The van der Waals surface area contributed by atoms with Gasteiger partial charge in [-0.2, -0.15) is 0 Å². The van der Waals surface area contributed by atoms with Gasteiger partial charge in [0.25, 0.3) is 0 Å². The van der Waals surface area contributed by atoms with Crippen molar-refractivity contribution in [3.05, 3.63) is 12.3 Å². The van der Waals surface area contributed by atoms with Crippen LogP contribution < -0.4 is 0 Å². The Kier molecular flexibility index (Phi) is 1.96. The first-order chi connectivity index (χ1) is 4.64. The van der Waals surface area contributed by atoms with E-state index in [1.807, 2.05) is 0 Å². The summed E-state index contributed by atoms with van der Waals surface area (Å²) in [6.45, 7) is 1.51. The standard InChI is InChI=1S/C6H9O3P/c1-3-6-4-5-8-10(2,7)9-6/h1,4-7,10H,2H3. The minimum atomic E-state index is -2.90. The van der Waals surface area contributed by atoms with Gasteiger partial charge in [-0.3, -0.25) is 0 Å². The van der Waals surface area contributed by atoms with Gasteiger partial charge in [-0.1, -0.05) is 0 Å². The Balaban J connectivity index is 2.65. The van der Waals surface area contributed by atoms with Gasteiger partial charge in [-0.15, -0.1) is 0 Å². The van der Waals surface area contributed by atoms with Crippen LogP contribution in [0.3, 0.4) is 0 Å². The fourth-order valence-corrected chi connectivity index (χ4v) is 1.63. The first-order valence-electron chi connectivity index (χ1n) is 2.85. The molecule has 0 aliphatic carbocycles. The summed E-state index contributed by atoms with van der Waals surface area (Å²) in [6.07, 6.45) is 7.58. The van der Waals surface area contributed by atoms with Gasteiger partial charge < -0.3 is 0 Å². The summed E-state index contributed by atoms with van der Waals surface area (Å²) in [7, 11) is -2.90. The molecule has 0 saturated heterocycles. The second-order valence-electron chi connectivity index (χ2n) is 2.05. The van der Waals surface area contributed by atoms with Crippen molar-refractivity contribution in [2.45, 2.75) is 6.10 Å². The Hall–Kier alpha value is -0.550. The van der Waals surface area contributed by atoms with E-state index in [0.29, 0.717) is 0 Å². The number of hydrogen-bond acceptors (Lipinski definition) is 3. The zero-order valence-electron chi connectivity index (χ0n) is 5.57. The second-order valence-corrected chi connectivity index (χ2v) is 4.32. The van der Waals surface area contributed by atoms with Crippen molar-refractivity contribution in [1.82, 2.24) is 0 Å². The normalized spacial score (nSPS) is 31.9. The zero-order chi connectivity index (χ0) is 7.61. The van der Waals surface area contributed by atoms with Gasteiger partial charge in [0.15, 0.2) is 0 Å². The predicted molar refractivity (Wildman–Crippen MR) is 40.4 cm³/mol. The molecule has 0 aromatic heterocycles. The van der Waals surface area contributed by atoms with E-state index in [2.05, 4.69) is 5.92 Å². The van der Waals surface area contributed by atoms with Crippen LogP contribution in [-0.2, 0) is 9.05 Å². The van der Waals surface area contributed by atoms with Crippen molar-refractivity contribution in [2.24, 2.45) is 0 Å². The molecule has 0 bridgehead atoms. The second kappa shape index (κ2) is 2.59. The molecule has 1 heterocycles. The molecule has 0 fully saturated rings. The molecule has 10 heavy (non-hydrogen) atoms. The van der Waals surface area contributed by atoms with Gasteiger partial charge in [0.1, 0.15) is 0 Å². The Bertz CT molecular complexity index is 192. The quantitative estimate of drug-likeness (QED) is 0.418. The number of hydrogen-bond donors (Lipinski definition) is 1. The van der Waals surface area contributed by atoms with Crippen molar-refractivity contribution < 1.29 is 13.9 Å². The van der Waals surface area contributed by atoms with Crippen LogP contribution in [0.2, 0.25) is 0 Å². The first-order valence-corrected chi connectivity index (χ1v) is 5.11. The molecular weight excluding hydrogens is 151 g/mol. The van der Waals surface area contributed by atoms with Gasteiger partial charge in [-0.25, -0.2) is 0 Å². The third-order valence-electron chi connectivity index (χ3n) is 1.05. The van der Waals surface area contributed by atoms with Crippen molar-refractivity contribution >= 4 is 7.94 Å². The molecule has 1 aliphatic rings. The van der Waals surface area contributed by atoms with Crippen LogP contribution >= 0.6 is 7.94 Å². The molecule has 0 aromatic carbocycles. The molecule has 0 spiro atoms. The van der Waals surface area contributed by atoms with Crippen LogP contribution in [-0.4, -0.2) is 17.7 Å². The molecule has 0 amide bonds. The van der Waals surface area contributed by atoms with Crippen LogP contribution in [0.1, 0.15) is 0 Å². The van der Waals surface area contributed by atoms with E-state index < -0.39 is 14.0 Å². The van der Waals surface area contributed by atoms with Crippen LogP contribution in [0.15, 0.2) is 12.3 Å². The van der Waals surface area contributed by atoms with E-state index in [9.17, 15) is 4.89 Å². The number of rotatable bonds is 0. The van der Waals surface area contributed by atoms with Crippen molar-refractivity contribution in [3.8, 4) is 12.3 Å². The van der Waals surface area contributed by atoms with Crippen molar-refractivity contribution in [1.29, 1.82) is 0 Å². The Morgan fingerprint density at radius 1 is 1.80 bits per heavy atom. The summed E-state index contributed by atoms with van der Waals surface area (Å²) >= 11 is 0. The average molecular weight is 160 g/mol. The monoisotopic (exact) mass is 160 g/mol. The summed E-state index contributed by atoms with van der Waals surface area (Å²) in [5.74, 6) is 2.35. The van der Waals surface area contributed by atoms with Crippen molar-refractivity contribution in [2.75, 3.05) is 6.66 Å². The molecule has 0 saturated carbocycles. The van der Waals surface area contributed by atoms with E-state index in [4.69, 9.17) is 15.5 Å². The summed E-state index contributed by atoms with van der Waals surface area (Å²) in [4.78, 5) is 9.22. The molecule has 1 atom stereocenters. The SMILES string of the molecule is C#CC1C=CO[PH](C)(O)O1. The zero-order valence-corrected chi connectivity index (χ0v) is 6.57. The summed E-state index contributed by atoms with van der Waals surface area (Å²) in [6, 6.07) is 0. The molecule has 0 aromatic rings. The third kappa shape index (κ3) is 1.71. The van der Waals surface area contributed by atoms with E-state index in [1.165, 1.54) is 12.9 Å². The Morgan fingerprint density at radius 2 is 2.50 bits per heavy atom. The molecule has 0 radical (unpaired) electrons. The number of terminal acetylenes is 1. The molecule has 1 unspecified atom stereocenters. The average Bonchev–Trinajstić information content (AvgIpc) is 1.86. The molecule has 1 rings (SSSR count). The fourth-order valence-electron chi connectivity index (χ4n) is 0.629. The van der Waals surface area contributed by atoms with Crippen LogP contribution in [0.5, 0.6) is 0 Å².